The molecule has 0 aromatic rings. The quantitative estimate of drug-likeness (QED) is 0.756. The topological polar surface area (TPSA) is 39.1 Å². The predicted octanol–water partition coefficient (Wildman–Crippen LogP) is 2.78. The number of hydrogen-bond donors (Lipinski definition) is 1. The highest BCUT2D eigenvalue weighted by Crippen LogP contribution is 2.23. The highest BCUT2D eigenvalue weighted by Gasteiger charge is 2.23. The molecular weight excluding hydrogens is 222 g/mol. The molecule has 1 aliphatic rings. The van der Waals surface area contributed by atoms with Crippen LogP contribution in [0.3, 0.4) is 0 Å². The second-order valence-corrected chi connectivity index (χ2v) is 6.09. The van der Waals surface area contributed by atoms with Crippen LogP contribution in [0.1, 0.15) is 52.9 Å². The molecule has 3 nitrogen and oxygen atoms in total. The number of likely N-dealkylation sites (N-methyl/N-ethyl adjacent to an activating group) is 1. The van der Waals surface area contributed by atoms with Gasteiger partial charge in [0.25, 0.3) is 0 Å². The van der Waals surface area contributed by atoms with Gasteiger partial charge in [-0.15, -0.1) is 0 Å². The van der Waals surface area contributed by atoms with E-state index in [2.05, 4.69) is 23.2 Å². The molecule has 1 N–H and O–H groups in total. The van der Waals surface area contributed by atoms with E-state index < -0.39 is 0 Å². The summed E-state index contributed by atoms with van der Waals surface area (Å²) in [5.74, 6) is 0. The summed E-state index contributed by atoms with van der Waals surface area (Å²) in [7, 11) is 0. The first-order chi connectivity index (χ1) is 8.59. The van der Waals surface area contributed by atoms with Gasteiger partial charge < -0.3 is 5.32 Å². The number of rotatable bonds is 7. The van der Waals surface area contributed by atoms with E-state index in [1.807, 2.05) is 13.8 Å². The van der Waals surface area contributed by atoms with Gasteiger partial charge >= 0.3 is 0 Å². The molecule has 0 aliphatic carbocycles. The second-order valence-electron chi connectivity index (χ2n) is 6.09. The third-order valence-electron chi connectivity index (χ3n) is 3.93. The zero-order valence-electron chi connectivity index (χ0n) is 12.3. The van der Waals surface area contributed by atoms with Crippen LogP contribution in [0.4, 0.5) is 0 Å². The molecule has 0 spiro atoms. The third kappa shape index (κ3) is 5.37. The maximum atomic E-state index is 9.03. The molecule has 1 rings (SSSR count). The number of nitriles is 1. The van der Waals surface area contributed by atoms with Crippen molar-refractivity contribution in [3.8, 4) is 6.07 Å². The molecule has 0 aromatic heterocycles. The van der Waals surface area contributed by atoms with Crippen molar-refractivity contribution in [3.05, 3.63) is 0 Å². The molecule has 0 amide bonds. The molecule has 1 heterocycles. The van der Waals surface area contributed by atoms with Gasteiger partial charge in [0.05, 0.1) is 11.5 Å². The van der Waals surface area contributed by atoms with Crippen molar-refractivity contribution in [2.45, 2.75) is 58.9 Å². The lowest BCUT2D eigenvalue weighted by molar-refractivity contribution is 0.140. The van der Waals surface area contributed by atoms with Gasteiger partial charge in [-0.25, -0.2) is 0 Å². The monoisotopic (exact) mass is 251 g/mol. The van der Waals surface area contributed by atoms with Crippen molar-refractivity contribution < 1.29 is 0 Å². The van der Waals surface area contributed by atoms with E-state index in [-0.39, 0.29) is 5.41 Å². The SMILES string of the molecule is CCNCC1CCCCN1CCCC(C)(C)C#N. The Morgan fingerprint density at radius 2 is 2.17 bits per heavy atom. The Bertz CT molecular complexity index is 267. The van der Waals surface area contributed by atoms with Crippen LogP contribution in [0, 0.1) is 16.7 Å². The molecule has 1 unspecified atom stereocenters. The van der Waals surface area contributed by atoms with E-state index in [0.29, 0.717) is 6.04 Å². The van der Waals surface area contributed by atoms with Gasteiger partial charge in [0, 0.05) is 12.6 Å². The molecule has 1 fully saturated rings. The van der Waals surface area contributed by atoms with Gasteiger partial charge in [0.15, 0.2) is 0 Å². The number of nitrogens with zero attached hydrogens (tertiary/aromatic N) is 2. The summed E-state index contributed by atoms with van der Waals surface area (Å²) in [5.41, 5.74) is -0.160. The van der Waals surface area contributed by atoms with E-state index >= 15 is 0 Å². The van der Waals surface area contributed by atoms with E-state index in [9.17, 15) is 0 Å². The van der Waals surface area contributed by atoms with Crippen molar-refractivity contribution in [1.29, 1.82) is 5.26 Å². The largest absolute Gasteiger partial charge is 0.315 e. The summed E-state index contributed by atoms with van der Waals surface area (Å²) in [5, 5.41) is 12.5. The molecule has 3 heteroatoms. The second kappa shape index (κ2) is 7.76. The molecule has 1 aliphatic heterocycles. The highest BCUT2D eigenvalue weighted by molar-refractivity contribution is 4.91. The van der Waals surface area contributed by atoms with Crippen LogP contribution in [-0.2, 0) is 0 Å². The average molecular weight is 251 g/mol. The van der Waals surface area contributed by atoms with Gasteiger partial charge in [0.1, 0.15) is 0 Å². The van der Waals surface area contributed by atoms with Gasteiger partial charge in [-0.2, -0.15) is 5.26 Å². The number of piperidine rings is 1. The van der Waals surface area contributed by atoms with E-state index in [1.54, 1.807) is 0 Å². The maximum absolute atomic E-state index is 9.03. The molecule has 18 heavy (non-hydrogen) atoms. The van der Waals surface area contributed by atoms with Crippen molar-refractivity contribution >= 4 is 0 Å². The number of nitrogens with one attached hydrogen (secondary N) is 1. The number of hydrogen-bond acceptors (Lipinski definition) is 3. The first kappa shape index (κ1) is 15.5. The van der Waals surface area contributed by atoms with Crippen LogP contribution in [0.15, 0.2) is 0 Å². The minimum absolute atomic E-state index is 0.160. The van der Waals surface area contributed by atoms with E-state index in [0.717, 1.165) is 32.5 Å². The summed E-state index contributed by atoms with van der Waals surface area (Å²) in [6, 6.07) is 3.11. The zero-order valence-corrected chi connectivity index (χ0v) is 12.3. The molecule has 0 aromatic carbocycles. The minimum atomic E-state index is -0.160. The van der Waals surface area contributed by atoms with Crippen molar-refractivity contribution in [1.82, 2.24) is 10.2 Å². The van der Waals surface area contributed by atoms with Crippen molar-refractivity contribution in [2.24, 2.45) is 5.41 Å². The van der Waals surface area contributed by atoms with Crippen molar-refractivity contribution in [2.75, 3.05) is 26.2 Å². The smallest absolute Gasteiger partial charge is 0.0683 e. The Balaban J connectivity index is 2.31. The lowest BCUT2D eigenvalue weighted by atomic mass is 9.89. The van der Waals surface area contributed by atoms with Crippen LogP contribution >= 0.6 is 0 Å². The standard InChI is InChI=1S/C15H29N3/c1-4-17-12-14-8-5-6-10-18(14)11-7-9-15(2,3)13-16/h14,17H,4-12H2,1-3H3. The Kier molecular flexibility index (Phi) is 6.67. The van der Waals surface area contributed by atoms with Gasteiger partial charge in [-0.3, -0.25) is 4.90 Å². The average Bonchev–Trinajstić information content (AvgIpc) is 2.37. The highest BCUT2D eigenvalue weighted by atomic mass is 15.2. The molecule has 0 bridgehead atoms. The Labute approximate surface area is 113 Å². The van der Waals surface area contributed by atoms with Gasteiger partial charge in [-0.1, -0.05) is 13.3 Å². The van der Waals surface area contributed by atoms with Gasteiger partial charge in [0.2, 0.25) is 0 Å². The first-order valence-corrected chi connectivity index (χ1v) is 7.45. The molecular formula is C15H29N3. The van der Waals surface area contributed by atoms with E-state index in [4.69, 9.17) is 5.26 Å². The minimum Gasteiger partial charge on any atom is -0.315 e. The first-order valence-electron chi connectivity index (χ1n) is 7.45. The summed E-state index contributed by atoms with van der Waals surface area (Å²) in [4.78, 5) is 2.62. The normalized spacial score (nSPS) is 21.8. The molecule has 0 radical (unpaired) electrons. The number of likely N-dealkylation sites (tertiary alicyclic amines) is 1. The maximum Gasteiger partial charge on any atom is 0.0683 e. The third-order valence-corrected chi connectivity index (χ3v) is 3.93. The molecule has 0 saturated carbocycles. The van der Waals surface area contributed by atoms with Crippen LogP contribution in [0.25, 0.3) is 0 Å². The van der Waals surface area contributed by atoms with Crippen LogP contribution in [-0.4, -0.2) is 37.1 Å². The van der Waals surface area contributed by atoms with Crippen LogP contribution in [0.2, 0.25) is 0 Å². The molecule has 1 saturated heterocycles. The van der Waals surface area contributed by atoms with Crippen LogP contribution in [0.5, 0.6) is 0 Å². The Morgan fingerprint density at radius 3 is 2.83 bits per heavy atom. The fourth-order valence-corrected chi connectivity index (χ4v) is 2.68. The summed E-state index contributed by atoms with van der Waals surface area (Å²) < 4.78 is 0. The Hall–Kier alpha value is -0.590. The Morgan fingerprint density at radius 1 is 1.39 bits per heavy atom. The molecule has 104 valence electrons. The zero-order chi connectivity index (χ0) is 13.4. The summed E-state index contributed by atoms with van der Waals surface area (Å²) in [6.07, 6.45) is 6.19. The summed E-state index contributed by atoms with van der Waals surface area (Å²) in [6.45, 7) is 10.8. The van der Waals surface area contributed by atoms with Gasteiger partial charge in [-0.05, 0) is 59.2 Å². The fraction of sp³-hybridized carbons (Fsp3) is 0.933. The summed E-state index contributed by atoms with van der Waals surface area (Å²) >= 11 is 0. The fourth-order valence-electron chi connectivity index (χ4n) is 2.68. The van der Waals surface area contributed by atoms with Crippen LogP contribution < -0.4 is 5.32 Å². The predicted molar refractivity (Wildman–Crippen MR) is 76.4 cm³/mol. The lowest BCUT2D eigenvalue weighted by Gasteiger charge is -2.36. The van der Waals surface area contributed by atoms with E-state index in [1.165, 1.54) is 25.8 Å². The molecule has 1 atom stereocenters. The lowest BCUT2D eigenvalue weighted by Crippen LogP contribution is -2.45. The van der Waals surface area contributed by atoms with Crippen molar-refractivity contribution in [3.63, 3.8) is 0 Å².